The molecule has 0 aliphatic heterocycles. The van der Waals surface area contributed by atoms with E-state index in [0.717, 1.165) is 50.3 Å². The quantitative estimate of drug-likeness (QED) is 0.100. The Morgan fingerprint density at radius 3 is 0.860 bits per heavy atom. The monoisotopic (exact) mass is 666 g/mol. The van der Waals surface area contributed by atoms with Crippen LogP contribution in [-0.2, 0) is 59.1 Å². The molecule has 0 heterocycles. The van der Waals surface area contributed by atoms with Gasteiger partial charge in [-0.05, 0) is 97.0 Å². The molecule has 4 aromatic carbocycles. The van der Waals surface area contributed by atoms with E-state index < -0.39 is 21.9 Å². The van der Waals surface area contributed by atoms with Crippen LogP contribution in [0.2, 0.25) is 0 Å². The average molecular weight is 667 g/mol. The smallest absolute Gasteiger partial charge is 0.151 e. The first-order chi connectivity index (χ1) is 20.7. The lowest BCUT2D eigenvalue weighted by molar-refractivity contribution is 0.599. The van der Waals surface area contributed by atoms with Crippen molar-refractivity contribution in [3.8, 4) is 0 Å². The minimum Gasteiger partial charge on any atom is -0.229 e. The van der Waals surface area contributed by atoms with Crippen molar-refractivity contribution in [1.82, 2.24) is 0 Å². The highest BCUT2D eigenvalue weighted by molar-refractivity contribution is 8.15. The van der Waals surface area contributed by atoms with E-state index in [2.05, 4.69) is 97.1 Å². The van der Waals surface area contributed by atoms with Gasteiger partial charge < -0.3 is 0 Å². The summed E-state index contributed by atoms with van der Waals surface area (Å²) >= 11 is 12.7. The van der Waals surface area contributed by atoms with Gasteiger partial charge in [0.25, 0.3) is 0 Å². The fraction of sp³-hybridized carbons (Fsp3) is 0.333. The van der Waals surface area contributed by atoms with Gasteiger partial charge in [0.05, 0.1) is 11.5 Å². The molecule has 0 bridgehead atoms. The Bertz CT molecular complexity index is 1370. The highest BCUT2D eigenvalue weighted by atomic mass is 32.4. The van der Waals surface area contributed by atoms with Crippen LogP contribution in [0.15, 0.2) is 121 Å². The number of rotatable bonds is 18. The first-order valence-electron chi connectivity index (χ1n) is 15.2. The molecule has 0 amide bonds. The molecule has 43 heavy (non-hydrogen) atoms. The molecule has 0 saturated carbocycles. The summed E-state index contributed by atoms with van der Waals surface area (Å²) in [5.41, 5.74) is 5.10. The Hall–Kier alpha value is -1.87. The van der Waals surface area contributed by atoms with Crippen LogP contribution in [0.1, 0.15) is 22.3 Å². The number of hydrogen-bond acceptors (Lipinski definition) is 4. The second-order valence-corrected chi connectivity index (χ2v) is 25.4. The molecule has 0 aliphatic carbocycles. The van der Waals surface area contributed by atoms with Crippen molar-refractivity contribution in [2.75, 3.05) is 48.5 Å². The lowest BCUT2D eigenvalue weighted by Crippen LogP contribution is -2.20. The zero-order chi connectivity index (χ0) is 30.4. The Morgan fingerprint density at radius 2 is 0.628 bits per heavy atom. The summed E-state index contributed by atoms with van der Waals surface area (Å²) in [4.78, 5) is 0. The maximum atomic E-state index is 13.6. The van der Waals surface area contributed by atoms with Crippen molar-refractivity contribution in [1.29, 1.82) is 0 Å². The van der Waals surface area contributed by atoms with E-state index in [0.29, 0.717) is 12.3 Å². The van der Waals surface area contributed by atoms with Crippen LogP contribution >= 0.6 is 12.1 Å². The van der Waals surface area contributed by atoms with Crippen LogP contribution in [-0.4, -0.2) is 56.9 Å². The van der Waals surface area contributed by atoms with E-state index in [-0.39, 0.29) is 11.5 Å². The van der Waals surface area contributed by atoms with Crippen LogP contribution in [0.25, 0.3) is 0 Å². The molecule has 0 saturated heterocycles. The third-order valence-electron chi connectivity index (χ3n) is 8.22. The molecule has 7 heteroatoms. The lowest BCUT2D eigenvalue weighted by atomic mass is 10.2. The van der Waals surface area contributed by atoms with Gasteiger partial charge >= 0.3 is 0 Å². The largest absolute Gasteiger partial charge is 0.229 e. The zero-order valence-corrected chi connectivity index (χ0v) is 29.2. The van der Waals surface area contributed by atoms with Crippen molar-refractivity contribution in [3.05, 3.63) is 144 Å². The molecule has 0 aliphatic rings. The third-order valence-corrected chi connectivity index (χ3v) is 20.0. The molecule has 0 spiro atoms. The van der Waals surface area contributed by atoms with E-state index in [1.165, 1.54) is 22.3 Å². The van der Waals surface area contributed by atoms with Crippen molar-refractivity contribution in [2.24, 2.45) is 0 Å². The minimum atomic E-state index is -3.26. The number of hydrogen-bond donors (Lipinski definition) is 0. The highest BCUT2D eigenvalue weighted by Gasteiger charge is 2.25. The number of sulfone groups is 1. The molecule has 4 rings (SSSR count). The topological polar surface area (TPSA) is 34.1 Å². The summed E-state index contributed by atoms with van der Waals surface area (Å²) in [7, 11) is -3.26. The zero-order valence-electron chi connectivity index (χ0n) is 25.0. The van der Waals surface area contributed by atoms with Gasteiger partial charge in [-0.2, -0.15) is 0 Å². The molecule has 228 valence electrons. The van der Waals surface area contributed by atoms with Gasteiger partial charge in [0, 0.05) is 0 Å². The summed E-state index contributed by atoms with van der Waals surface area (Å²) in [6, 6.07) is 38.0. The lowest BCUT2D eigenvalue weighted by Gasteiger charge is -2.24. The summed E-state index contributed by atoms with van der Waals surface area (Å²) in [6.45, 7) is 0. The molecular formula is C36H44O2P2S3. The van der Waals surface area contributed by atoms with Crippen molar-refractivity contribution >= 4 is 45.5 Å². The third kappa shape index (κ3) is 12.6. The summed E-state index contributed by atoms with van der Waals surface area (Å²) in [6.07, 6.45) is 8.48. The molecule has 0 radical (unpaired) electrons. The van der Waals surface area contributed by atoms with Crippen LogP contribution in [0, 0.1) is 0 Å². The molecule has 0 N–H and O–H groups in total. The fourth-order valence-corrected chi connectivity index (χ4v) is 16.8. The fourth-order valence-electron chi connectivity index (χ4n) is 5.29. The van der Waals surface area contributed by atoms with Gasteiger partial charge in [-0.1, -0.05) is 145 Å². The number of benzene rings is 4. The van der Waals surface area contributed by atoms with Gasteiger partial charge in [0.15, 0.2) is 9.84 Å². The summed E-state index contributed by atoms with van der Waals surface area (Å²) in [5, 5.41) is 0. The van der Waals surface area contributed by atoms with Gasteiger partial charge in [0.1, 0.15) is 0 Å². The summed E-state index contributed by atoms with van der Waals surface area (Å²) in [5.74, 6) is 0.362. The van der Waals surface area contributed by atoms with E-state index in [4.69, 9.17) is 23.6 Å². The SMILES string of the molecule is O=S(=O)(CCP(=S)(CCc1ccccc1)CCc1ccccc1)CCP(=S)(CCc1ccccc1)CCc1ccccc1. The standard InChI is InChI=1S/C36H44O2P2S3/c37-43(38,31-29-39(41,25-21-33-13-5-1-6-14-33)26-22-34-15-7-2-8-16-34)32-30-40(42,27-23-35-17-9-3-10-18-35)28-24-36-19-11-4-12-20-36/h1-20H,21-32H2. The normalized spacial score (nSPS) is 12.3. The maximum Gasteiger partial charge on any atom is 0.151 e. The number of aryl methyl sites for hydroxylation is 4. The van der Waals surface area contributed by atoms with Gasteiger partial charge in [0.2, 0.25) is 0 Å². The molecule has 2 nitrogen and oxygen atoms in total. The second-order valence-electron chi connectivity index (χ2n) is 11.6. The van der Waals surface area contributed by atoms with Gasteiger partial charge in [-0.25, -0.2) is 8.42 Å². The Kier molecular flexibility index (Phi) is 13.4. The van der Waals surface area contributed by atoms with Crippen LogP contribution in [0.3, 0.4) is 0 Å². The van der Waals surface area contributed by atoms with Crippen molar-refractivity contribution in [2.45, 2.75) is 25.7 Å². The molecular weight excluding hydrogens is 623 g/mol. The highest BCUT2D eigenvalue weighted by Crippen LogP contribution is 2.49. The Labute approximate surface area is 270 Å². The average Bonchev–Trinajstić information content (AvgIpc) is 3.05. The van der Waals surface area contributed by atoms with Crippen molar-refractivity contribution < 1.29 is 8.42 Å². The van der Waals surface area contributed by atoms with Gasteiger partial charge in [-0.15, -0.1) is 0 Å². The van der Waals surface area contributed by atoms with Crippen molar-refractivity contribution in [3.63, 3.8) is 0 Å². The Morgan fingerprint density at radius 1 is 0.395 bits per heavy atom. The predicted molar refractivity (Wildman–Crippen MR) is 197 cm³/mol. The summed E-state index contributed by atoms with van der Waals surface area (Å²) < 4.78 is 27.1. The predicted octanol–water partition coefficient (Wildman–Crippen LogP) is 8.33. The molecule has 0 unspecified atom stereocenters. The second kappa shape index (κ2) is 17.0. The molecule has 0 fully saturated rings. The van der Waals surface area contributed by atoms with E-state index in [9.17, 15) is 8.42 Å². The first-order valence-corrected chi connectivity index (χ1v) is 23.8. The Balaban J connectivity index is 1.40. The van der Waals surface area contributed by atoms with Crippen LogP contribution in [0.4, 0.5) is 0 Å². The minimum absolute atomic E-state index is 0.181. The van der Waals surface area contributed by atoms with Gasteiger partial charge in [-0.3, -0.25) is 0 Å². The molecule has 4 aromatic rings. The van der Waals surface area contributed by atoms with E-state index >= 15 is 0 Å². The van der Waals surface area contributed by atoms with E-state index in [1.807, 2.05) is 24.3 Å². The first kappa shape index (κ1) is 34.0. The molecule has 0 aromatic heterocycles. The van der Waals surface area contributed by atoms with E-state index in [1.54, 1.807) is 0 Å². The van der Waals surface area contributed by atoms with Crippen LogP contribution < -0.4 is 0 Å². The van der Waals surface area contributed by atoms with Crippen LogP contribution in [0.5, 0.6) is 0 Å². The molecule has 0 atom stereocenters. The maximum absolute atomic E-state index is 13.6.